The molecule has 1 fully saturated rings. The Kier molecular flexibility index (Phi) is 3.34. The van der Waals surface area contributed by atoms with Crippen molar-refractivity contribution >= 4 is 5.91 Å². The molecule has 0 bridgehead atoms. The molecule has 0 atom stereocenters. The van der Waals surface area contributed by atoms with Gasteiger partial charge in [-0.3, -0.25) is 9.89 Å². The van der Waals surface area contributed by atoms with Crippen LogP contribution in [0.25, 0.3) is 0 Å². The van der Waals surface area contributed by atoms with E-state index in [-0.39, 0.29) is 5.91 Å². The average molecular weight is 208 g/mol. The third kappa shape index (κ3) is 2.79. The Balaban J connectivity index is 1.75. The molecule has 3 N–H and O–H groups in total. The van der Waals surface area contributed by atoms with Gasteiger partial charge in [0.25, 0.3) is 5.91 Å². The number of hydrogen-bond donors (Lipinski definition) is 3. The monoisotopic (exact) mass is 208 g/mol. The van der Waals surface area contributed by atoms with Gasteiger partial charge < -0.3 is 10.6 Å². The molecule has 2 heterocycles. The largest absolute Gasteiger partial charge is 0.350 e. The van der Waals surface area contributed by atoms with Gasteiger partial charge in [-0.1, -0.05) is 0 Å². The Morgan fingerprint density at radius 2 is 2.33 bits per heavy atom. The first kappa shape index (κ1) is 10.2. The molecular formula is C10H16N4O. The summed E-state index contributed by atoms with van der Waals surface area (Å²) in [6.45, 7) is 2.88. The van der Waals surface area contributed by atoms with E-state index in [0.717, 1.165) is 32.5 Å². The van der Waals surface area contributed by atoms with Gasteiger partial charge in [0, 0.05) is 12.7 Å². The van der Waals surface area contributed by atoms with Crippen LogP contribution in [0.1, 0.15) is 23.3 Å². The number of aromatic amines is 1. The van der Waals surface area contributed by atoms with Crippen molar-refractivity contribution in [2.24, 2.45) is 5.92 Å². The van der Waals surface area contributed by atoms with E-state index in [1.54, 1.807) is 12.3 Å². The van der Waals surface area contributed by atoms with E-state index in [1.165, 1.54) is 0 Å². The Bertz CT molecular complexity index is 303. The zero-order valence-corrected chi connectivity index (χ0v) is 8.62. The number of carbonyl (C=O) groups excluding carboxylic acids is 1. The SMILES string of the molecule is O=C(NCC1CCNCC1)c1ccn[nH]1. The second-order valence-corrected chi connectivity index (χ2v) is 3.87. The number of nitrogens with zero attached hydrogens (tertiary/aromatic N) is 1. The molecule has 0 aliphatic carbocycles. The molecule has 2 rings (SSSR count). The summed E-state index contributed by atoms with van der Waals surface area (Å²) >= 11 is 0. The lowest BCUT2D eigenvalue weighted by Gasteiger charge is -2.22. The van der Waals surface area contributed by atoms with E-state index in [4.69, 9.17) is 0 Å². The molecule has 1 aliphatic rings. The minimum Gasteiger partial charge on any atom is -0.350 e. The van der Waals surface area contributed by atoms with Crippen molar-refractivity contribution in [2.45, 2.75) is 12.8 Å². The van der Waals surface area contributed by atoms with Crippen LogP contribution in [0.4, 0.5) is 0 Å². The van der Waals surface area contributed by atoms with Crippen LogP contribution < -0.4 is 10.6 Å². The van der Waals surface area contributed by atoms with E-state index in [0.29, 0.717) is 11.6 Å². The Hall–Kier alpha value is -1.36. The lowest BCUT2D eigenvalue weighted by atomic mass is 9.98. The van der Waals surface area contributed by atoms with E-state index in [1.807, 2.05) is 0 Å². The number of H-pyrrole nitrogens is 1. The standard InChI is InChI=1S/C10H16N4O/c15-10(9-3-6-13-14-9)12-7-8-1-4-11-5-2-8/h3,6,8,11H,1-2,4-5,7H2,(H,12,15)(H,13,14). The number of carbonyl (C=O) groups is 1. The molecule has 1 aromatic rings. The molecular weight excluding hydrogens is 192 g/mol. The first-order valence-corrected chi connectivity index (χ1v) is 5.34. The summed E-state index contributed by atoms with van der Waals surface area (Å²) in [5.74, 6) is 0.546. The number of rotatable bonds is 3. The molecule has 1 saturated heterocycles. The molecule has 1 aromatic heterocycles. The van der Waals surface area contributed by atoms with Crippen LogP contribution in [0.3, 0.4) is 0 Å². The zero-order chi connectivity index (χ0) is 10.5. The van der Waals surface area contributed by atoms with Crippen molar-refractivity contribution < 1.29 is 4.79 Å². The maximum atomic E-state index is 11.6. The summed E-state index contributed by atoms with van der Waals surface area (Å²) in [6.07, 6.45) is 3.87. The number of aromatic nitrogens is 2. The molecule has 0 unspecified atom stereocenters. The second-order valence-electron chi connectivity index (χ2n) is 3.87. The normalized spacial score (nSPS) is 17.6. The van der Waals surface area contributed by atoms with Crippen molar-refractivity contribution in [1.29, 1.82) is 0 Å². The molecule has 1 amide bonds. The van der Waals surface area contributed by atoms with Gasteiger partial charge in [0.05, 0.1) is 0 Å². The maximum absolute atomic E-state index is 11.6. The van der Waals surface area contributed by atoms with Crippen LogP contribution in [0.5, 0.6) is 0 Å². The quantitative estimate of drug-likeness (QED) is 0.661. The summed E-state index contributed by atoms with van der Waals surface area (Å²) in [5.41, 5.74) is 0.531. The molecule has 82 valence electrons. The molecule has 0 saturated carbocycles. The molecule has 5 heteroatoms. The van der Waals surface area contributed by atoms with Gasteiger partial charge in [0.15, 0.2) is 0 Å². The van der Waals surface area contributed by atoms with Crippen molar-refractivity contribution in [3.8, 4) is 0 Å². The van der Waals surface area contributed by atoms with Crippen LogP contribution in [0, 0.1) is 5.92 Å². The molecule has 15 heavy (non-hydrogen) atoms. The number of hydrogen-bond acceptors (Lipinski definition) is 3. The zero-order valence-electron chi connectivity index (χ0n) is 8.62. The third-order valence-electron chi connectivity index (χ3n) is 2.76. The maximum Gasteiger partial charge on any atom is 0.269 e. The van der Waals surface area contributed by atoms with Gasteiger partial charge in [0.2, 0.25) is 0 Å². The smallest absolute Gasteiger partial charge is 0.269 e. The van der Waals surface area contributed by atoms with E-state index < -0.39 is 0 Å². The lowest BCUT2D eigenvalue weighted by Crippen LogP contribution is -2.36. The minimum atomic E-state index is -0.0639. The fourth-order valence-corrected chi connectivity index (χ4v) is 1.80. The second kappa shape index (κ2) is 4.93. The average Bonchev–Trinajstić information content (AvgIpc) is 2.81. The van der Waals surface area contributed by atoms with Gasteiger partial charge in [0.1, 0.15) is 5.69 Å². The predicted octanol–water partition coefficient (Wildman–Crippen LogP) is 0.139. The van der Waals surface area contributed by atoms with Crippen LogP contribution in [0.15, 0.2) is 12.3 Å². The third-order valence-corrected chi connectivity index (χ3v) is 2.76. The van der Waals surface area contributed by atoms with Crippen molar-refractivity contribution in [3.05, 3.63) is 18.0 Å². The predicted molar refractivity (Wildman–Crippen MR) is 56.5 cm³/mol. The molecule has 5 nitrogen and oxygen atoms in total. The Morgan fingerprint density at radius 1 is 1.53 bits per heavy atom. The summed E-state index contributed by atoms with van der Waals surface area (Å²) < 4.78 is 0. The summed E-state index contributed by atoms with van der Waals surface area (Å²) in [6, 6.07) is 1.68. The van der Waals surface area contributed by atoms with Gasteiger partial charge in [-0.25, -0.2) is 0 Å². The van der Waals surface area contributed by atoms with Crippen LogP contribution >= 0.6 is 0 Å². The van der Waals surface area contributed by atoms with Gasteiger partial charge in [-0.2, -0.15) is 5.10 Å². The molecule has 0 radical (unpaired) electrons. The summed E-state index contributed by atoms with van der Waals surface area (Å²) in [5, 5.41) is 12.6. The highest BCUT2D eigenvalue weighted by molar-refractivity contribution is 5.92. The first-order valence-electron chi connectivity index (χ1n) is 5.34. The highest BCUT2D eigenvalue weighted by Crippen LogP contribution is 2.09. The lowest BCUT2D eigenvalue weighted by molar-refractivity contribution is 0.0939. The van der Waals surface area contributed by atoms with E-state index in [2.05, 4.69) is 20.8 Å². The molecule has 0 aromatic carbocycles. The first-order chi connectivity index (χ1) is 7.36. The number of amides is 1. The molecule has 1 aliphatic heterocycles. The fourth-order valence-electron chi connectivity index (χ4n) is 1.80. The van der Waals surface area contributed by atoms with Crippen LogP contribution in [-0.2, 0) is 0 Å². The topological polar surface area (TPSA) is 69.8 Å². The van der Waals surface area contributed by atoms with Gasteiger partial charge >= 0.3 is 0 Å². The molecule has 0 spiro atoms. The van der Waals surface area contributed by atoms with Crippen LogP contribution in [0.2, 0.25) is 0 Å². The van der Waals surface area contributed by atoms with Gasteiger partial charge in [-0.05, 0) is 37.9 Å². The van der Waals surface area contributed by atoms with E-state index in [9.17, 15) is 4.79 Å². The van der Waals surface area contributed by atoms with Crippen molar-refractivity contribution in [1.82, 2.24) is 20.8 Å². The summed E-state index contributed by atoms with van der Waals surface area (Å²) in [7, 11) is 0. The number of piperidine rings is 1. The summed E-state index contributed by atoms with van der Waals surface area (Å²) in [4.78, 5) is 11.6. The van der Waals surface area contributed by atoms with Gasteiger partial charge in [-0.15, -0.1) is 0 Å². The Morgan fingerprint density at radius 3 is 3.00 bits per heavy atom. The number of nitrogens with one attached hydrogen (secondary N) is 3. The van der Waals surface area contributed by atoms with Crippen LogP contribution in [-0.4, -0.2) is 35.7 Å². The minimum absolute atomic E-state index is 0.0639. The highest BCUT2D eigenvalue weighted by Gasteiger charge is 2.14. The van der Waals surface area contributed by atoms with E-state index >= 15 is 0 Å². The fraction of sp³-hybridized carbons (Fsp3) is 0.600. The Labute approximate surface area is 88.6 Å². The van der Waals surface area contributed by atoms with Crippen molar-refractivity contribution in [2.75, 3.05) is 19.6 Å². The highest BCUT2D eigenvalue weighted by atomic mass is 16.1. The van der Waals surface area contributed by atoms with Crippen molar-refractivity contribution in [3.63, 3.8) is 0 Å².